The van der Waals surface area contributed by atoms with Crippen molar-refractivity contribution in [3.05, 3.63) is 0 Å². The highest BCUT2D eigenvalue weighted by atomic mass is 16.7. The average Bonchev–Trinajstić information content (AvgIpc) is 2.94. The lowest BCUT2D eigenvalue weighted by Crippen LogP contribution is -2.74. The van der Waals surface area contributed by atoms with Crippen LogP contribution in [0.25, 0.3) is 0 Å². The van der Waals surface area contributed by atoms with Crippen molar-refractivity contribution < 1.29 is 59.5 Å². The molecule has 13 heteroatoms. The number of aliphatic hydroxyl groups excluding tert-OH is 6. The van der Waals surface area contributed by atoms with Crippen LogP contribution in [0.15, 0.2) is 0 Å². The second kappa shape index (κ2) is 20.5. The summed E-state index contributed by atoms with van der Waals surface area (Å²) in [6, 6.07) is -1.56. The predicted molar refractivity (Wildman–Crippen MR) is 148 cm³/mol. The van der Waals surface area contributed by atoms with Crippen molar-refractivity contribution in [3.63, 3.8) is 0 Å². The van der Waals surface area contributed by atoms with Crippen LogP contribution >= 0.6 is 0 Å². The zero-order valence-corrected chi connectivity index (χ0v) is 24.5. The molecule has 1 aliphatic heterocycles. The van der Waals surface area contributed by atoms with Gasteiger partial charge in [-0.25, -0.2) is 4.79 Å². The first-order valence-corrected chi connectivity index (χ1v) is 14.9. The summed E-state index contributed by atoms with van der Waals surface area (Å²) in [4.78, 5) is 23.8. The summed E-state index contributed by atoms with van der Waals surface area (Å²) in [6.45, 7) is 1.88. The van der Waals surface area contributed by atoms with Gasteiger partial charge in [-0.1, -0.05) is 77.6 Å². The Bertz CT molecular complexity index is 728. The Balaban J connectivity index is 2.49. The summed E-state index contributed by atoms with van der Waals surface area (Å²) >= 11 is 0. The van der Waals surface area contributed by atoms with Gasteiger partial charge < -0.3 is 55.3 Å². The van der Waals surface area contributed by atoms with Gasteiger partial charge in [0.05, 0.1) is 25.9 Å². The van der Waals surface area contributed by atoms with E-state index in [1.165, 1.54) is 57.8 Å². The largest absolute Gasteiger partial charge is 0.477 e. The van der Waals surface area contributed by atoms with Crippen LogP contribution in [0.3, 0.4) is 0 Å². The third-order valence-corrected chi connectivity index (χ3v) is 7.27. The van der Waals surface area contributed by atoms with Crippen molar-refractivity contribution >= 4 is 11.9 Å². The summed E-state index contributed by atoms with van der Waals surface area (Å²) in [6.07, 6.45) is 3.17. The Morgan fingerprint density at radius 1 is 0.902 bits per heavy atom. The summed E-state index contributed by atoms with van der Waals surface area (Å²) in [5, 5.41) is 73.1. The highest BCUT2D eigenvalue weighted by molar-refractivity contribution is 5.77. The third kappa shape index (κ3) is 12.8. The highest BCUT2D eigenvalue weighted by Gasteiger charge is 2.62. The number of ether oxygens (including phenoxy) is 3. The molecule has 242 valence electrons. The third-order valence-electron chi connectivity index (χ3n) is 7.27. The number of carboxylic acid groups (broad SMARTS) is 1. The van der Waals surface area contributed by atoms with Gasteiger partial charge in [-0.3, -0.25) is 4.79 Å². The second-order valence-corrected chi connectivity index (χ2v) is 10.9. The van der Waals surface area contributed by atoms with Crippen LogP contribution in [0.5, 0.6) is 0 Å². The molecule has 0 aromatic carbocycles. The molecular weight excluding hydrogens is 542 g/mol. The monoisotopic (exact) mass is 595 g/mol. The van der Waals surface area contributed by atoms with E-state index in [0.717, 1.165) is 26.2 Å². The molecule has 0 bridgehead atoms. The maximum absolute atomic E-state index is 12.2. The van der Waals surface area contributed by atoms with Gasteiger partial charge in [-0.05, 0) is 6.42 Å². The van der Waals surface area contributed by atoms with E-state index in [1.54, 1.807) is 0 Å². The van der Waals surface area contributed by atoms with E-state index in [4.69, 9.17) is 14.2 Å². The van der Waals surface area contributed by atoms with Gasteiger partial charge in [-0.2, -0.15) is 0 Å². The molecule has 1 rings (SSSR count). The van der Waals surface area contributed by atoms with Crippen LogP contribution in [-0.4, -0.2) is 123 Å². The molecule has 41 heavy (non-hydrogen) atoms. The molecule has 0 spiro atoms. The number of hydrogen-bond donors (Lipinski definition) is 8. The van der Waals surface area contributed by atoms with Gasteiger partial charge in [0.1, 0.15) is 36.6 Å². The Labute approximate surface area is 242 Å². The molecular formula is C28H53NO12. The Morgan fingerprint density at radius 3 is 1.93 bits per heavy atom. The van der Waals surface area contributed by atoms with Crippen molar-refractivity contribution in [3.8, 4) is 0 Å². The highest BCUT2D eigenvalue weighted by Crippen LogP contribution is 2.34. The van der Waals surface area contributed by atoms with E-state index in [2.05, 4.69) is 12.2 Å². The minimum Gasteiger partial charge on any atom is -0.477 e. The zero-order chi connectivity index (χ0) is 30.8. The normalized spacial score (nSPS) is 26.8. The van der Waals surface area contributed by atoms with Crippen LogP contribution in [-0.2, 0) is 23.8 Å². The standard InChI is InChI=1S/C28H53NO12/c1-3-4-5-6-7-8-9-10-11-12-13-14-15-39-17-20(32)18-40-28(27(37)38)26(36)24(35)22(29-19(2)31)25(41-28)23(34)21(33)16-30/h20-26,30,32-36H,3-18H2,1-2H3,(H,29,31)(H,37,38)/t20-,21+,22+,23+,24+,25+,26-,28+/m0/s1. The van der Waals surface area contributed by atoms with Gasteiger partial charge in [-0.15, -0.1) is 0 Å². The van der Waals surface area contributed by atoms with Crippen molar-refractivity contribution in [2.24, 2.45) is 0 Å². The summed E-state index contributed by atoms with van der Waals surface area (Å²) in [7, 11) is 0. The topological polar surface area (TPSA) is 215 Å². The smallest absolute Gasteiger partial charge is 0.367 e. The van der Waals surface area contributed by atoms with Crippen LogP contribution in [0.4, 0.5) is 0 Å². The number of aliphatic hydroxyl groups is 6. The van der Waals surface area contributed by atoms with Gasteiger partial charge in [0, 0.05) is 13.5 Å². The Kier molecular flexibility index (Phi) is 18.8. The minimum atomic E-state index is -2.97. The molecule has 1 aliphatic rings. The Morgan fingerprint density at radius 2 is 1.44 bits per heavy atom. The number of amides is 1. The number of unbranched alkanes of at least 4 members (excludes halogenated alkanes) is 11. The molecule has 0 aliphatic carbocycles. The fourth-order valence-corrected chi connectivity index (χ4v) is 4.86. The number of hydrogen-bond acceptors (Lipinski definition) is 11. The number of aliphatic carboxylic acids is 1. The van der Waals surface area contributed by atoms with Crippen LogP contribution in [0.1, 0.15) is 90.9 Å². The number of carbonyl (C=O) groups is 2. The van der Waals surface area contributed by atoms with Crippen LogP contribution in [0.2, 0.25) is 0 Å². The molecule has 0 aromatic rings. The second-order valence-electron chi connectivity index (χ2n) is 10.9. The van der Waals surface area contributed by atoms with Crippen LogP contribution < -0.4 is 5.32 Å². The maximum Gasteiger partial charge on any atom is 0.367 e. The first-order valence-electron chi connectivity index (χ1n) is 14.9. The quantitative estimate of drug-likeness (QED) is 0.0744. The van der Waals surface area contributed by atoms with Crippen molar-refractivity contribution in [2.75, 3.05) is 26.4 Å². The SMILES string of the molecule is CCCCCCCCCCCCCCOC[C@H](O)CO[C@@]1(C(=O)O)O[C@@H]([C@H](O)[C@H](O)CO)[C@H](NC(C)=O)[C@@H](O)[C@@H]1O. The first kappa shape index (κ1) is 37.6. The van der Waals surface area contributed by atoms with E-state index in [9.17, 15) is 45.3 Å². The summed E-state index contributed by atoms with van der Waals surface area (Å²) in [5.41, 5.74) is 0. The van der Waals surface area contributed by atoms with Crippen LogP contribution in [0, 0.1) is 0 Å². The van der Waals surface area contributed by atoms with E-state index in [-0.39, 0.29) is 6.61 Å². The molecule has 1 fully saturated rings. The van der Waals surface area contributed by atoms with Crippen molar-refractivity contribution in [2.45, 2.75) is 139 Å². The van der Waals surface area contributed by atoms with Crippen molar-refractivity contribution in [1.29, 1.82) is 0 Å². The molecule has 0 aromatic heterocycles. The number of nitrogens with one attached hydrogen (secondary N) is 1. The fourth-order valence-electron chi connectivity index (χ4n) is 4.86. The number of carboxylic acids is 1. The molecule has 1 amide bonds. The summed E-state index contributed by atoms with van der Waals surface area (Å²) in [5.74, 6) is -5.55. The molecule has 13 nitrogen and oxygen atoms in total. The van der Waals surface area contributed by atoms with Gasteiger partial charge in [0.15, 0.2) is 0 Å². The van der Waals surface area contributed by atoms with Crippen molar-refractivity contribution in [1.82, 2.24) is 5.32 Å². The first-order chi connectivity index (χ1) is 19.5. The van der Waals surface area contributed by atoms with E-state index in [0.29, 0.717) is 6.61 Å². The lowest BCUT2D eigenvalue weighted by Gasteiger charge is -2.49. The van der Waals surface area contributed by atoms with Gasteiger partial charge in [0.2, 0.25) is 5.91 Å². The van der Waals surface area contributed by atoms with Gasteiger partial charge >= 0.3 is 5.97 Å². The van der Waals surface area contributed by atoms with E-state index in [1.807, 2.05) is 0 Å². The predicted octanol–water partition coefficient (Wildman–Crippen LogP) is 0.202. The number of rotatable bonds is 23. The van der Waals surface area contributed by atoms with Gasteiger partial charge in [0.25, 0.3) is 5.79 Å². The zero-order valence-electron chi connectivity index (χ0n) is 24.5. The molecule has 8 atom stereocenters. The molecule has 1 saturated heterocycles. The minimum absolute atomic E-state index is 0.184. The fraction of sp³-hybridized carbons (Fsp3) is 0.929. The molecule has 0 radical (unpaired) electrons. The molecule has 8 N–H and O–H groups in total. The lowest BCUT2D eigenvalue weighted by molar-refractivity contribution is -0.350. The number of carbonyl (C=O) groups excluding carboxylic acids is 1. The summed E-state index contributed by atoms with van der Waals surface area (Å²) < 4.78 is 16.1. The Hall–Kier alpha value is -1.42. The molecule has 1 heterocycles. The maximum atomic E-state index is 12.2. The molecule has 0 saturated carbocycles. The van der Waals surface area contributed by atoms with E-state index < -0.39 is 73.5 Å². The lowest BCUT2D eigenvalue weighted by atomic mass is 9.86. The van der Waals surface area contributed by atoms with E-state index >= 15 is 0 Å². The average molecular weight is 596 g/mol. The molecule has 0 unspecified atom stereocenters.